The zero-order valence-corrected chi connectivity index (χ0v) is 11.5. The standard InChI is InChI=1S/C14H13N3O4/c1-8(18)15-13(20)12-16-11(14(21)17(12)2)7-9-3-5-10(19)6-4-9/h3-7,19H,1-2H3,(H,15,18,20)/b11-7-. The highest BCUT2D eigenvalue weighted by Crippen LogP contribution is 2.18. The number of imide groups is 1. The van der Waals surface area contributed by atoms with E-state index in [1.165, 1.54) is 32.2 Å². The maximum Gasteiger partial charge on any atom is 0.293 e. The molecule has 3 amide bonds. The highest BCUT2D eigenvalue weighted by atomic mass is 16.3. The summed E-state index contributed by atoms with van der Waals surface area (Å²) >= 11 is 0. The molecule has 1 heterocycles. The third-order valence-electron chi connectivity index (χ3n) is 2.76. The Morgan fingerprint density at radius 1 is 1.29 bits per heavy atom. The number of amidine groups is 1. The molecule has 0 saturated heterocycles. The van der Waals surface area contributed by atoms with Crippen molar-refractivity contribution in [3.63, 3.8) is 0 Å². The Bertz CT molecular complexity index is 674. The van der Waals surface area contributed by atoms with Gasteiger partial charge in [-0.1, -0.05) is 12.1 Å². The summed E-state index contributed by atoms with van der Waals surface area (Å²) in [6.45, 7) is 1.20. The maximum atomic E-state index is 12.0. The quantitative estimate of drug-likeness (QED) is 0.762. The van der Waals surface area contributed by atoms with E-state index in [-0.39, 0.29) is 17.3 Å². The molecule has 21 heavy (non-hydrogen) atoms. The van der Waals surface area contributed by atoms with Crippen LogP contribution < -0.4 is 5.32 Å². The van der Waals surface area contributed by atoms with Crippen LogP contribution in [-0.2, 0) is 14.4 Å². The van der Waals surface area contributed by atoms with Gasteiger partial charge in [-0.15, -0.1) is 0 Å². The summed E-state index contributed by atoms with van der Waals surface area (Å²) in [7, 11) is 1.40. The zero-order chi connectivity index (χ0) is 15.6. The minimum absolute atomic E-state index is 0.0805. The second-order valence-corrected chi connectivity index (χ2v) is 4.43. The third kappa shape index (κ3) is 3.14. The fourth-order valence-electron chi connectivity index (χ4n) is 1.75. The van der Waals surface area contributed by atoms with E-state index in [0.29, 0.717) is 5.56 Å². The predicted molar refractivity (Wildman–Crippen MR) is 75.1 cm³/mol. The summed E-state index contributed by atoms with van der Waals surface area (Å²) in [5.74, 6) is -1.74. The van der Waals surface area contributed by atoms with E-state index < -0.39 is 17.7 Å². The van der Waals surface area contributed by atoms with Crippen molar-refractivity contribution in [1.82, 2.24) is 10.2 Å². The molecule has 0 spiro atoms. The van der Waals surface area contributed by atoms with E-state index in [9.17, 15) is 19.5 Å². The van der Waals surface area contributed by atoms with E-state index in [1.807, 2.05) is 0 Å². The van der Waals surface area contributed by atoms with Crippen molar-refractivity contribution in [3.8, 4) is 5.75 Å². The Morgan fingerprint density at radius 3 is 2.48 bits per heavy atom. The molecule has 1 aliphatic rings. The number of phenols is 1. The fraction of sp³-hybridized carbons (Fsp3) is 0.143. The van der Waals surface area contributed by atoms with Crippen LogP contribution in [0.1, 0.15) is 12.5 Å². The van der Waals surface area contributed by atoms with Crippen molar-refractivity contribution in [3.05, 3.63) is 35.5 Å². The predicted octanol–water partition coefficient (Wildman–Crippen LogP) is 0.266. The Labute approximate surface area is 120 Å². The molecule has 1 aliphatic heterocycles. The first kappa shape index (κ1) is 14.4. The van der Waals surface area contributed by atoms with Gasteiger partial charge in [-0.25, -0.2) is 4.99 Å². The van der Waals surface area contributed by atoms with Gasteiger partial charge in [0.25, 0.3) is 11.8 Å². The molecule has 0 aromatic heterocycles. The molecule has 2 rings (SSSR count). The SMILES string of the molecule is CC(=O)NC(=O)C1=N/C(=C\c2ccc(O)cc2)C(=O)N1C. The van der Waals surface area contributed by atoms with Crippen molar-refractivity contribution in [2.45, 2.75) is 6.92 Å². The molecule has 7 nitrogen and oxygen atoms in total. The van der Waals surface area contributed by atoms with Gasteiger partial charge in [0.15, 0.2) is 0 Å². The number of hydrogen-bond donors (Lipinski definition) is 2. The van der Waals surface area contributed by atoms with Crippen LogP contribution in [0.3, 0.4) is 0 Å². The number of hydrogen-bond acceptors (Lipinski definition) is 5. The van der Waals surface area contributed by atoms with Gasteiger partial charge in [-0.2, -0.15) is 0 Å². The lowest BCUT2D eigenvalue weighted by molar-refractivity contribution is -0.127. The van der Waals surface area contributed by atoms with Crippen LogP contribution >= 0.6 is 0 Å². The molecule has 0 saturated carbocycles. The Kier molecular flexibility index (Phi) is 3.84. The number of amides is 3. The smallest absolute Gasteiger partial charge is 0.293 e. The van der Waals surface area contributed by atoms with Gasteiger partial charge in [0, 0.05) is 14.0 Å². The van der Waals surface area contributed by atoms with Gasteiger partial charge in [0.1, 0.15) is 11.4 Å². The summed E-state index contributed by atoms with van der Waals surface area (Å²) < 4.78 is 0. The van der Waals surface area contributed by atoms with E-state index in [0.717, 1.165) is 4.90 Å². The summed E-state index contributed by atoms with van der Waals surface area (Å²) in [4.78, 5) is 39.6. The normalized spacial score (nSPS) is 16.1. The zero-order valence-electron chi connectivity index (χ0n) is 11.5. The molecule has 0 fully saturated rings. The van der Waals surface area contributed by atoms with Gasteiger partial charge < -0.3 is 5.11 Å². The molecule has 0 unspecified atom stereocenters. The number of phenolic OH excluding ortho intramolecular Hbond substituents is 1. The first-order valence-corrected chi connectivity index (χ1v) is 6.08. The molecular weight excluding hydrogens is 274 g/mol. The van der Waals surface area contributed by atoms with Gasteiger partial charge in [0.05, 0.1) is 0 Å². The minimum Gasteiger partial charge on any atom is -0.508 e. The van der Waals surface area contributed by atoms with Crippen molar-refractivity contribution >= 4 is 29.6 Å². The van der Waals surface area contributed by atoms with Crippen LogP contribution in [0.5, 0.6) is 5.75 Å². The molecule has 1 aromatic rings. The highest BCUT2D eigenvalue weighted by Gasteiger charge is 2.31. The van der Waals surface area contributed by atoms with Gasteiger partial charge in [0.2, 0.25) is 11.7 Å². The number of aromatic hydroxyl groups is 1. The number of rotatable bonds is 2. The van der Waals surface area contributed by atoms with Crippen LogP contribution in [0.2, 0.25) is 0 Å². The van der Waals surface area contributed by atoms with Crippen LogP contribution in [-0.4, -0.2) is 40.6 Å². The van der Waals surface area contributed by atoms with E-state index in [2.05, 4.69) is 10.3 Å². The van der Waals surface area contributed by atoms with Crippen LogP contribution in [0.4, 0.5) is 0 Å². The number of aliphatic imine (C=N–C) groups is 1. The molecular formula is C14H13N3O4. The van der Waals surface area contributed by atoms with Crippen molar-refractivity contribution in [2.75, 3.05) is 7.05 Å². The van der Waals surface area contributed by atoms with E-state index in [4.69, 9.17) is 0 Å². The molecule has 1 aromatic carbocycles. The largest absolute Gasteiger partial charge is 0.508 e. The first-order valence-electron chi connectivity index (χ1n) is 6.08. The lowest BCUT2D eigenvalue weighted by Crippen LogP contribution is -2.42. The molecule has 7 heteroatoms. The van der Waals surface area contributed by atoms with Crippen LogP contribution in [0.15, 0.2) is 35.0 Å². The molecule has 2 N–H and O–H groups in total. The Hall–Kier alpha value is -2.96. The number of carbonyl (C=O) groups excluding carboxylic acids is 3. The second kappa shape index (κ2) is 5.58. The maximum absolute atomic E-state index is 12.0. The number of nitrogens with zero attached hydrogens (tertiary/aromatic N) is 2. The number of nitrogens with one attached hydrogen (secondary N) is 1. The average molecular weight is 287 g/mol. The fourth-order valence-corrected chi connectivity index (χ4v) is 1.75. The van der Waals surface area contributed by atoms with E-state index in [1.54, 1.807) is 12.1 Å². The molecule has 0 aliphatic carbocycles. The Morgan fingerprint density at radius 2 is 1.90 bits per heavy atom. The minimum atomic E-state index is -0.729. The van der Waals surface area contributed by atoms with Crippen LogP contribution in [0.25, 0.3) is 6.08 Å². The summed E-state index contributed by atoms with van der Waals surface area (Å²) in [6.07, 6.45) is 1.49. The lowest BCUT2D eigenvalue weighted by Gasteiger charge is -2.09. The summed E-state index contributed by atoms with van der Waals surface area (Å²) in [6, 6.07) is 6.17. The van der Waals surface area contributed by atoms with Crippen molar-refractivity contribution in [1.29, 1.82) is 0 Å². The molecule has 0 bridgehead atoms. The molecule has 0 atom stereocenters. The van der Waals surface area contributed by atoms with Gasteiger partial charge in [-0.05, 0) is 23.8 Å². The Balaban J connectivity index is 2.30. The lowest BCUT2D eigenvalue weighted by atomic mass is 10.2. The second-order valence-electron chi connectivity index (χ2n) is 4.43. The summed E-state index contributed by atoms with van der Waals surface area (Å²) in [5, 5.41) is 11.3. The van der Waals surface area contributed by atoms with Crippen molar-refractivity contribution in [2.24, 2.45) is 4.99 Å². The number of benzene rings is 1. The van der Waals surface area contributed by atoms with Gasteiger partial charge in [-0.3, -0.25) is 24.6 Å². The molecule has 0 radical (unpaired) electrons. The monoisotopic (exact) mass is 287 g/mol. The average Bonchev–Trinajstić information content (AvgIpc) is 2.69. The van der Waals surface area contributed by atoms with Crippen LogP contribution in [0, 0.1) is 0 Å². The molecule has 108 valence electrons. The highest BCUT2D eigenvalue weighted by molar-refractivity contribution is 6.45. The topological polar surface area (TPSA) is 99.1 Å². The number of carbonyl (C=O) groups is 3. The number of likely N-dealkylation sites (N-methyl/N-ethyl adjacent to an activating group) is 1. The van der Waals surface area contributed by atoms with Gasteiger partial charge >= 0.3 is 0 Å². The third-order valence-corrected chi connectivity index (χ3v) is 2.76. The van der Waals surface area contributed by atoms with E-state index >= 15 is 0 Å². The van der Waals surface area contributed by atoms with Crippen molar-refractivity contribution < 1.29 is 19.5 Å². The first-order chi connectivity index (χ1) is 9.88. The summed E-state index contributed by atoms with van der Waals surface area (Å²) in [5.41, 5.74) is 0.735.